The Morgan fingerprint density at radius 2 is 1.82 bits per heavy atom. The summed E-state index contributed by atoms with van der Waals surface area (Å²) in [5.41, 5.74) is 6.79. The van der Waals surface area contributed by atoms with Gasteiger partial charge in [-0.1, -0.05) is 0 Å². The molecule has 1 aromatic rings. The Hall–Kier alpha value is -1.56. The number of carbonyl (C=O) groups is 1. The maximum Gasteiger partial charge on any atom is 0.242 e. The average Bonchev–Trinajstić information content (AvgIpc) is 2.19. The molecule has 0 unspecified atom stereocenters. The molecule has 1 amide bonds. The number of nitrogen functional groups attached to an aromatic ring is 1. The molecule has 0 aromatic heterocycles. The second kappa shape index (κ2) is 5.18. The minimum Gasteiger partial charge on any atom is -0.399 e. The fraction of sp³-hybridized carbons (Fsp3) is 0.364. The molecule has 1 aromatic carbocycles. The third kappa shape index (κ3) is 4.07. The molecule has 0 saturated carbocycles. The highest BCUT2D eigenvalue weighted by molar-refractivity contribution is 7.91. The first kappa shape index (κ1) is 13.5. The first-order valence-corrected chi connectivity index (χ1v) is 7.23. The van der Waals surface area contributed by atoms with Crippen LogP contribution in [0.1, 0.15) is 6.92 Å². The number of benzene rings is 1. The molecule has 6 heteroatoms. The van der Waals surface area contributed by atoms with Gasteiger partial charge in [-0.2, -0.15) is 0 Å². The van der Waals surface area contributed by atoms with E-state index >= 15 is 0 Å². The number of amides is 1. The fourth-order valence-corrected chi connectivity index (χ4v) is 2.06. The van der Waals surface area contributed by atoms with Gasteiger partial charge in [-0.05, 0) is 31.2 Å². The van der Waals surface area contributed by atoms with Crippen molar-refractivity contribution in [1.82, 2.24) is 0 Å². The second-order valence-electron chi connectivity index (χ2n) is 3.80. The van der Waals surface area contributed by atoms with Crippen molar-refractivity contribution in [3.8, 4) is 0 Å². The van der Waals surface area contributed by atoms with Gasteiger partial charge in [0.25, 0.3) is 0 Å². The smallest absolute Gasteiger partial charge is 0.242 e. The van der Waals surface area contributed by atoms with Crippen molar-refractivity contribution in [2.24, 2.45) is 0 Å². The van der Waals surface area contributed by atoms with Gasteiger partial charge in [0.1, 0.15) is 5.75 Å². The van der Waals surface area contributed by atoms with Crippen LogP contribution in [-0.2, 0) is 14.6 Å². The summed E-state index contributed by atoms with van der Waals surface area (Å²) in [4.78, 5) is 13.2. The topological polar surface area (TPSA) is 80.5 Å². The molecule has 0 bridgehead atoms. The number of nitrogens with two attached hydrogens (primary N) is 1. The highest BCUT2D eigenvalue weighted by Gasteiger charge is 2.18. The van der Waals surface area contributed by atoms with Crippen LogP contribution in [0.25, 0.3) is 0 Å². The molecule has 2 N–H and O–H groups in total. The van der Waals surface area contributed by atoms with E-state index in [1.54, 1.807) is 31.2 Å². The van der Waals surface area contributed by atoms with E-state index in [0.717, 1.165) is 6.26 Å². The number of rotatable bonds is 4. The zero-order valence-corrected chi connectivity index (χ0v) is 10.7. The first-order valence-electron chi connectivity index (χ1n) is 5.17. The van der Waals surface area contributed by atoms with E-state index < -0.39 is 21.5 Å². The number of sulfone groups is 1. The Morgan fingerprint density at radius 3 is 2.24 bits per heavy atom. The summed E-state index contributed by atoms with van der Waals surface area (Å²) in [6.45, 7) is 2.20. The normalized spacial score (nSPS) is 11.2. The lowest BCUT2D eigenvalue weighted by molar-refractivity contribution is -0.116. The van der Waals surface area contributed by atoms with Gasteiger partial charge in [0.2, 0.25) is 5.91 Å². The highest BCUT2D eigenvalue weighted by Crippen LogP contribution is 2.16. The molecule has 17 heavy (non-hydrogen) atoms. The monoisotopic (exact) mass is 256 g/mol. The molecule has 0 atom stereocenters. The third-order valence-corrected chi connectivity index (χ3v) is 2.98. The molecule has 0 saturated heterocycles. The quantitative estimate of drug-likeness (QED) is 0.803. The largest absolute Gasteiger partial charge is 0.399 e. The highest BCUT2D eigenvalue weighted by atomic mass is 32.2. The third-order valence-electron chi connectivity index (χ3n) is 2.21. The van der Waals surface area contributed by atoms with E-state index in [1.807, 2.05) is 0 Å². The lowest BCUT2D eigenvalue weighted by Crippen LogP contribution is -2.35. The molecule has 1 rings (SSSR count). The Morgan fingerprint density at radius 1 is 1.29 bits per heavy atom. The van der Waals surface area contributed by atoms with Crippen molar-refractivity contribution in [2.75, 3.05) is 29.2 Å². The minimum absolute atomic E-state index is 0.415. The molecule has 0 spiro atoms. The van der Waals surface area contributed by atoms with Crippen molar-refractivity contribution in [3.63, 3.8) is 0 Å². The van der Waals surface area contributed by atoms with Crippen molar-refractivity contribution < 1.29 is 13.2 Å². The van der Waals surface area contributed by atoms with E-state index in [4.69, 9.17) is 5.73 Å². The molecule has 5 nitrogen and oxygen atoms in total. The van der Waals surface area contributed by atoms with E-state index in [9.17, 15) is 13.2 Å². The summed E-state index contributed by atoms with van der Waals surface area (Å²) >= 11 is 0. The van der Waals surface area contributed by atoms with Crippen LogP contribution in [0.3, 0.4) is 0 Å². The van der Waals surface area contributed by atoms with Crippen molar-refractivity contribution in [1.29, 1.82) is 0 Å². The summed E-state index contributed by atoms with van der Waals surface area (Å²) in [6.07, 6.45) is 1.04. The van der Waals surface area contributed by atoms with Crippen LogP contribution in [0.5, 0.6) is 0 Å². The first-order chi connectivity index (χ1) is 7.83. The number of carbonyl (C=O) groups excluding carboxylic acids is 1. The van der Waals surface area contributed by atoms with Gasteiger partial charge >= 0.3 is 0 Å². The molecule has 0 aliphatic carbocycles. The van der Waals surface area contributed by atoms with Crippen molar-refractivity contribution in [2.45, 2.75) is 6.92 Å². The molecule has 94 valence electrons. The summed E-state index contributed by atoms with van der Waals surface area (Å²) in [7, 11) is -3.31. The molecular formula is C11H16N2O3S. The second-order valence-corrected chi connectivity index (χ2v) is 5.94. The molecule has 0 heterocycles. The zero-order valence-electron chi connectivity index (χ0n) is 9.88. The lowest BCUT2D eigenvalue weighted by Gasteiger charge is -2.20. The fourth-order valence-electron chi connectivity index (χ4n) is 1.46. The maximum absolute atomic E-state index is 11.8. The summed E-state index contributed by atoms with van der Waals surface area (Å²) in [5.74, 6) is -0.912. The standard InChI is InChI=1S/C11H16N2O3S/c1-3-13(11(14)8-17(2,15)16)10-6-4-9(12)5-7-10/h4-7H,3,8,12H2,1-2H3. The Labute approximate surface area is 101 Å². The van der Waals surface area contributed by atoms with E-state index in [-0.39, 0.29) is 0 Å². The van der Waals surface area contributed by atoms with Gasteiger partial charge in [-0.15, -0.1) is 0 Å². The summed E-state index contributed by atoms with van der Waals surface area (Å²) < 4.78 is 22.2. The predicted octanol–water partition coefficient (Wildman–Crippen LogP) is 0.666. The molecular weight excluding hydrogens is 240 g/mol. The minimum atomic E-state index is -3.31. The lowest BCUT2D eigenvalue weighted by atomic mass is 10.2. The zero-order chi connectivity index (χ0) is 13.1. The predicted molar refractivity (Wildman–Crippen MR) is 68.6 cm³/mol. The van der Waals surface area contributed by atoms with Crippen LogP contribution in [-0.4, -0.2) is 32.9 Å². The van der Waals surface area contributed by atoms with Crippen LogP contribution >= 0.6 is 0 Å². The van der Waals surface area contributed by atoms with Crippen LogP contribution in [0.15, 0.2) is 24.3 Å². The van der Waals surface area contributed by atoms with Crippen LogP contribution in [0, 0.1) is 0 Å². The summed E-state index contributed by atoms with van der Waals surface area (Å²) in [6, 6.07) is 6.73. The molecule has 0 fully saturated rings. The van der Waals surface area contributed by atoms with E-state index in [2.05, 4.69) is 0 Å². The van der Waals surface area contributed by atoms with Gasteiger partial charge in [0, 0.05) is 24.2 Å². The number of anilines is 2. The van der Waals surface area contributed by atoms with E-state index in [0.29, 0.717) is 17.9 Å². The van der Waals surface area contributed by atoms with Gasteiger partial charge in [0.05, 0.1) is 0 Å². The maximum atomic E-state index is 11.8. The number of nitrogens with zero attached hydrogens (tertiary/aromatic N) is 1. The molecule has 0 aliphatic heterocycles. The van der Waals surface area contributed by atoms with E-state index in [1.165, 1.54) is 4.90 Å². The Kier molecular flexibility index (Phi) is 4.11. The summed E-state index contributed by atoms with van der Waals surface area (Å²) in [5, 5.41) is 0. The van der Waals surface area contributed by atoms with Gasteiger partial charge in [0.15, 0.2) is 9.84 Å². The molecule has 0 radical (unpaired) electrons. The number of hydrogen-bond donors (Lipinski definition) is 1. The number of hydrogen-bond acceptors (Lipinski definition) is 4. The van der Waals surface area contributed by atoms with Crippen molar-refractivity contribution >= 4 is 27.1 Å². The Balaban J connectivity index is 2.92. The van der Waals surface area contributed by atoms with Gasteiger partial charge in [-0.25, -0.2) is 8.42 Å². The van der Waals surface area contributed by atoms with Gasteiger partial charge in [-0.3, -0.25) is 4.79 Å². The SMILES string of the molecule is CCN(C(=O)CS(C)(=O)=O)c1ccc(N)cc1. The Bertz CT molecular complexity index is 494. The van der Waals surface area contributed by atoms with Crippen LogP contribution in [0.2, 0.25) is 0 Å². The van der Waals surface area contributed by atoms with Crippen LogP contribution in [0.4, 0.5) is 11.4 Å². The molecule has 0 aliphatic rings. The van der Waals surface area contributed by atoms with Gasteiger partial charge < -0.3 is 10.6 Å². The van der Waals surface area contributed by atoms with Crippen molar-refractivity contribution in [3.05, 3.63) is 24.3 Å². The average molecular weight is 256 g/mol. The van der Waals surface area contributed by atoms with Crippen LogP contribution < -0.4 is 10.6 Å².